The number of aromatic amines is 1. The lowest BCUT2D eigenvalue weighted by molar-refractivity contribution is 0.470. The van der Waals surface area contributed by atoms with Crippen LogP contribution in [0, 0.1) is 33.1 Å². The summed E-state index contributed by atoms with van der Waals surface area (Å²) in [5, 5.41) is 10.5. The quantitative estimate of drug-likeness (QED) is 0.293. The van der Waals surface area contributed by atoms with Gasteiger partial charge in [-0.05, 0) is 92.5 Å². The first-order valence-electron chi connectivity index (χ1n) is 15.1. The SMILES string of the molecule is Cc1ccc(C2=C3C=CC(=N3)C(c3c(C)cc(C)cc3C)=C3C=CC(=N3)C(=CO)C3=NC(=Cc4ccc2[nH]4)C(C)(C)C3)cc1. The minimum absolute atomic E-state index is 0.211. The van der Waals surface area contributed by atoms with Crippen LogP contribution in [0.4, 0.5) is 0 Å². The van der Waals surface area contributed by atoms with Crippen LogP contribution in [-0.2, 0) is 0 Å². The van der Waals surface area contributed by atoms with Crippen molar-refractivity contribution in [2.24, 2.45) is 20.4 Å². The third-order valence-corrected chi connectivity index (χ3v) is 8.86. The van der Waals surface area contributed by atoms with Crippen molar-refractivity contribution < 1.29 is 5.11 Å². The number of allylic oxidation sites excluding steroid dienone is 7. The Bertz CT molecular complexity index is 2010. The van der Waals surface area contributed by atoms with E-state index in [2.05, 4.69) is 113 Å². The molecular formula is C39H36N4O. The van der Waals surface area contributed by atoms with Gasteiger partial charge in [0.25, 0.3) is 0 Å². The van der Waals surface area contributed by atoms with E-state index < -0.39 is 0 Å². The highest BCUT2D eigenvalue weighted by molar-refractivity contribution is 6.35. The fourth-order valence-corrected chi connectivity index (χ4v) is 6.72. The molecule has 7 rings (SSSR count). The summed E-state index contributed by atoms with van der Waals surface area (Å²) < 4.78 is 0. The van der Waals surface area contributed by atoms with E-state index in [4.69, 9.17) is 15.0 Å². The second-order valence-corrected chi connectivity index (χ2v) is 12.8. The minimum Gasteiger partial charge on any atom is -0.515 e. The Morgan fingerprint density at radius 2 is 1.41 bits per heavy atom. The summed E-state index contributed by atoms with van der Waals surface area (Å²) in [7, 11) is 0. The van der Waals surface area contributed by atoms with E-state index >= 15 is 0 Å². The van der Waals surface area contributed by atoms with Gasteiger partial charge in [0.2, 0.25) is 0 Å². The highest BCUT2D eigenvalue weighted by Gasteiger charge is 2.35. The molecule has 5 heteroatoms. The van der Waals surface area contributed by atoms with E-state index in [-0.39, 0.29) is 5.41 Å². The van der Waals surface area contributed by atoms with E-state index in [0.29, 0.717) is 17.7 Å². The van der Waals surface area contributed by atoms with Gasteiger partial charge in [-0.15, -0.1) is 0 Å². The molecule has 0 radical (unpaired) electrons. The Morgan fingerprint density at radius 3 is 2.11 bits per heavy atom. The fourth-order valence-electron chi connectivity index (χ4n) is 6.72. The number of H-pyrrole nitrogens is 1. The number of fused-ring (bicyclic) bond motifs is 5. The number of rotatable bonds is 2. The van der Waals surface area contributed by atoms with Crippen molar-refractivity contribution in [1.29, 1.82) is 0 Å². The highest BCUT2D eigenvalue weighted by Crippen LogP contribution is 2.42. The molecule has 2 N–H and O–H groups in total. The number of hydrogen-bond donors (Lipinski definition) is 2. The molecule has 0 saturated heterocycles. The van der Waals surface area contributed by atoms with Gasteiger partial charge in [-0.1, -0.05) is 61.4 Å². The summed E-state index contributed by atoms with van der Waals surface area (Å²) >= 11 is 0. The summed E-state index contributed by atoms with van der Waals surface area (Å²) in [4.78, 5) is 19.2. The van der Waals surface area contributed by atoms with Crippen LogP contribution in [0.2, 0.25) is 0 Å². The number of hydrogen-bond acceptors (Lipinski definition) is 4. The molecule has 3 aromatic rings. The lowest BCUT2D eigenvalue weighted by Gasteiger charge is -2.18. The molecule has 44 heavy (non-hydrogen) atoms. The number of aliphatic hydroxyl groups excluding tert-OH is 1. The maximum Gasteiger partial charge on any atom is 0.0904 e. The van der Waals surface area contributed by atoms with Gasteiger partial charge >= 0.3 is 0 Å². The zero-order valence-corrected chi connectivity index (χ0v) is 26.1. The van der Waals surface area contributed by atoms with E-state index in [1.54, 1.807) is 0 Å². The topological polar surface area (TPSA) is 73.1 Å². The van der Waals surface area contributed by atoms with E-state index in [9.17, 15) is 5.11 Å². The summed E-state index contributed by atoms with van der Waals surface area (Å²) in [6.45, 7) is 12.9. The summed E-state index contributed by atoms with van der Waals surface area (Å²) in [6.07, 6.45) is 12.2. The van der Waals surface area contributed by atoms with Crippen molar-refractivity contribution in [3.63, 3.8) is 0 Å². The predicted octanol–water partition coefficient (Wildman–Crippen LogP) is 9.11. The Morgan fingerprint density at radius 1 is 0.750 bits per heavy atom. The molecule has 0 fully saturated rings. The maximum absolute atomic E-state index is 10.5. The smallest absolute Gasteiger partial charge is 0.0904 e. The Kier molecular flexibility index (Phi) is 6.51. The van der Waals surface area contributed by atoms with E-state index in [1.807, 2.05) is 12.2 Å². The van der Waals surface area contributed by atoms with Crippen LogP contribution in [0.25, 0.3) is 17.2 Å². The van der Waals surface area contributed by atoms with Gasteiger partial charge in [0.1, 0.15) is 0 Å². The van der Waals surface area contributed by atoms with Crippen LogP contribution in [0.3, 0.4) is 0 Å². The molecule has 5 heterocycles. The highest BCUT2D eigenvalue weighted by atomic mass is 16.2. The zero-order valence-electron chi connectivity index (χ0n) is 26.1. The van der Waals surface area contributed by atoms with Crippen molar-refractivity contribution in [2.75, 3.05) is 0 Å². The number of aryl methyl sites for hydroxylation is 4. The molecule has 4 aliphatic rings. The number of nitrogens with zero attached hydrogens (tertiary/aromatic N) is 3. The van der Waals surface area contributed by atoms with Crippen LogP contribution in [0.1, 0.15) is 65.0 Å². The van der Waals surface area contributed by atoms with Crippen LogP contribution in [-0.4, -0.2) is 27.2 Å². The van der Waals surface area contributed by atoms with Gasteiger partial charge in [-0.2, -0.15) is 0 Å². The van der Waals surface area contributed by atoms with Crippen LogP contribution in [0.5, 0.6) is 0 Å². The van der Waals surface area contributed by atoms with Crippen LogP contribution < -0.4 is 0 Å². The third kappa shape index (κ3) is 4.69. The van der Waals surface area contributed by atoms with Gasteiger partial charge in [0.05, 0.1) is 40.4 Å². The largest absolute Gasteiger partial charge is 0.515 e. The molecular weight excluding hydrogens is 540 g/mol. The number of benzene rings is 2. The van der Waals surface area contributed by atoms with Gasteiger partial charge in [0, 0.05) is 40.1 Å². The lowest BCUT2D eigenvalue weighted by atomic mass is 9.84. The molecule has 2 aromatic carbocycles. The third-order valence-electron chi connectivity index (χ3n) is 8.86. The van der Waals surface area contributed by atoms with Crippen molar-refractivity contribution in [2.45, 2.75) is 48.0 Å². The normalized spacial score (nSPS) is 19.5. The van der Waals surface area contributed by atoms with Crippen molar-refractivity contribution in [1.82, 2.24) is 4.98 Å². The van der Waals surface area contributed by atoms with Crippen molar-refractivity contribution in [3.05, 3.63) is 147 Å². The summed E-state index contributed by atoms with van der Waals surface area (Å²) in [5.74, 6) is 0. The first-order valence-corrected chi connectivity index (χ1v) is 15.1. The molecule has 8 bridgehead atoms. The summed E-state index contributed by atoms with van der Waals surface area (Å²) in [5.41, 5.74) is 16.5. The number of aromatic nitrogens is 1. The summed E-state index contributed by atoms with van der Waals surface area (Å²) in [6, 6.07) is 17.3. The Balaban J connectivity index is 1.55. The average Bonchev–Trinajstić information content (AvgIpc) is 3.77. The number of nitrogens with one attached hydrogen (secondary N) is 1. The second kappa shape index (κ2) is 10.3. The molecule has 0 unspecified atom stereocenters. The molecule has 1 aromatic heterocycles. The second-order valence-electron chi connectivity index (χ2n) is 12.8. The monoisotopic (exact) mass is 576 g/mol. The van der Waals surface area contributed by atoms with Crippen molar-refractivity contribution in [3.8, 4) is 0 Å². The molecule has 0 amide bonds. The standard InChI is InChI=1S/C39H36N4O/c1-22-7-9-26(10-8-22)37-30-12-11-27(40-30)19-35-39(5,6)20-34(43-35)28(21-44)29-13-14-32(41-29)38(33-16-15-31(37)42-33)36-24(3)17-23(2)18-25(36)4/h7-19,21,40,44H,20H2,1-6H3. The Labute approximate surface area is 258 Å². The molecule has 0 aliphatic carbocycles. The fraction of sp³-hybridized carbons (Fsp3) is 0.205. The Hall–Kier alpha value is -5.03. The molecule has 0 spiro atoms. The van der Waals surface area contributed by atoms with Gasteiger partial charge in [0.15, 0.2) is 0 Å². The van der Waals surface area contributed by atoms with Crippen molar-refractivity contribution >= 4 is 34.4 Å². The van der Waals surface area contributed by atoms with Crippen LogP contribution >= 0.6 is 0 Å². The zero-order chi connectivity index (χ0) is 30.7. The molecule has 218 valence electrons. The molecule has 0 saturated carbocycles. The maximum atomic E-state index is 10.5. The first kappa shape index (κ1) is 27.8. The van der Waals surface area contributed by atoms with Crippen LogP contribution in [0.15, 0.2) is 117 Å². The molecule has 5 nitrogen and oxygen atoms in total. The molecule has 4 aliphatic heterocycles. The van der Waals surface area contributed by atoms with Gasteiger partial charge in [-0.25, -0.2) is 9.98 Å². The predicted molar refractivity (Wildman–Crippen MR) is 183 cm³/mol. The first-order chi connectivity index (χ1) is 21.1. The minimum atomic E-state index is -0.211. The lowest BCUT2D eigenvalue weighted by Crippen LogP contribution is -2.15. The number of aliphatic hydroxyl groups is 1. The van der Waals surface area contributed by atoms with E-state index in [1.165, 1.54) is 22.3 Å². The average molecular weight is 577 g/mol. The van der Waals surface area contributed by atoms with Gasteiger partial charge in [-0.3, -0.25) is 4.99 Å². The number of aliphatic imine (C=N–C) groups is 3. The molecule has 0 atom stereocenters. The van der Waals surface area contributed by atoms with Gasteiger partial charge < -0.3 is 10.1 Å². The van der Waals surface area contributed by atoms with E-state index in [0.717, 1.165) is 68.4 Å².